The van der Waals surface area contributed by atoms with Gasteiger partial charge >= 0.3 is 0 Å². The lowest BCUT2D eigenvalue weighted by molar-refractivity contribution is 0.756. The van der Waals surface area contributed by atoms with E-state index in [1.807, 2.05) is 30.6 Å². The Morgan fingerprint density at radius 3 is 1.73 bits per heavy atom. The maximum atomic E-state index is 5.17. The van der Waals surface area contributed by atoms with E-state index in [9.17, 15) is 0 Å². The van der Waals surface area contributed by atoms with Crippen molar-refractivity contribution in [3.8, 4) is 44.9 Å². The summed E-state index contributed by atoms with van der Waals surface area (Å²) in [5, 5.41) is 0. The first-order valence-corrected chi connectivity index (χ1v) is 18.6. The monoisotopic (exact) mass is 703 g/mol. The highest BCUT2D eigenvalue weighted by Gasteiger charge is 2.43. The van der Waals surface area contributed by atoms with Crippen LogP contribution in [0, 0.1) is 0 Å². The number of fused-ring (bicyclic) bond motifs is 1. The molecular weight excluding hydrogens is 667 g/mol. The zero-order valence-electron chi connectivity index (χ0n) is 30.2. The molecule has 3 nitrogen and oxygen atoms in total. The lowest BCUT2D eigenvalue weighted by Crippen LogP contribution is -2.29. The van der Waals surface area contributed by atoms with Gasteiger partial charge in [-0.3, -0.25) is 4.98 Å². The molecule has 9 rings (SSSR count). The fraction of sp³-hybridized carbons (Fsp3) is 0.0192. The van der Waals surface area contributed by atoms with E-state index in [4.69, 9.17) is 9.97 Å². The molecule has 0 aliphatic heterocycles. The van der Waals surface area contributed by atoms with E-state index < -0.39 is 5.41 Å². The molecule has 0 N–H and O–H groups in total. The van der Waals surface area contributed by atoms with E-state index >= 15 is 0 Å². The molecule has 2 heterocycles. The molecule has 8 aromatic rings. The van der Waals surface area contributed by atoms with Gasteiger partial charge < -0.3 is 0 Å². The number of hydrogen-bond acceptors (Lipinski definition) is 3. The van der Waals surface area contributed by atoms with E-state index in [1.54, 1.807) is 0 Å². The maximum absolute atomic E-state index is 5.17. The summed E-state index contributed by atoms with van der Waals surface area (Å²) in [6.45, 7) is 0. The first-order valence-electron chi connectivity index (χ1n) is 18.6. The smallest absolute Gasteiger partial charge is 0.160 e. The number of pyridine rings is 1. The van der Waals surface area contributed by atoms with Crippen molar-refractivity contribution in [1.82, 2.24) is 15.0 Å². The van der Waals surface area contributed by atoms with Crippen LogP contribution >= 0.6 is 0 Å². The number of aromatic nitrogens is 3. The van der Waals surface area contributed by atoms with Crippen molar-refractivity contribution in [2.24, 2.45) is 0 Å². The van der Waals surface area contributed by atoms with Gasteiger partial charge in [-0.2, -0.15) is 0 Å². The molecule has 0 saturated heterocycles. The molecule has 0 fully saturated rings. The van der Waals surface area contributed by atoms with Crippen molar-refractivity contribution >= 4 is 12.2 Å². The van der Waals surface area contributed by atoms with Gasteiger partial charge in [0.25, 0.3) is 0 Å². The van der Waals surface area contributed by atoms with E-state index in [0.29, 0.717) is 5.82 Å². The normalized spacial score (nSPS) is 14.9. The number of benzene rings is 6. The summed E-state index contributed by atoms with van der Waals surface area (Å²) in [7, 11) is 0. The van der Waals surface area contributed by atoms with Gasteiger partial charge in [-0.15, -0.1) is 0 Å². The topological polar surface area (TPSA) is 38.7 Å². The van der Waals surface area contributed by atoms with Crippen LogP contribution in [-0.2, 0) is 5.41 Å². The van der Waals surface area contributed by atoms with Gasteiger partial charge in [0.15, 0.2) is 5.82 Å². The summed E-state index contributed by atoms with van der Waals surface area (Å²) in [6.07, 6.45) is 14.6. The average Bonchev–Trinajstić information content (AvgIpc) is 3.61. The summed E-state index contributed by atoms with van der Waals surface area (Å²) in [5.41, 5.74) is 13.7. The number of nitrogens with zero attached hydrogens (tertiary/aromatic N) is 3. The molecule has 0 amide bonds. The van der Waals surface area contributed by atoms with Crippen LogP contribution < -0.4 is 0 Å². The Balaban J connectivity index is 1.12. The van der Waals surface area contributed by atoms with E-state index in [-0.39, 0.29) is 0 Å². The average molecular weight is 704 g/mol. The minimum Gasteiger partial charge on any atom is -0.264 e. The molecule has 6 aromatic carbocycles. The Kier molecular flexibility index (Phi) is 9.17. The van der Waals surface area contributed by atoms with Crippen molar-refractivity contribution in [3.05, 3.63) is 246 Å². The quantitative estimate of drug-likeness (QED) is 0.141. The Morgan fingerprint density at radius 1 is 0.436 bits per heavy atom. The van der Waals surface area contributed by atoms with Crippen molar-refractivity contribution in [2.45, 2.75) is 5.41 Å². The van der Waals surface area contributed by atoms with Crippen LogP contribution in [0.5, 0.6) is 0 Å². The van der Waals surface area contributed by atoms with Crippen molar-refractivity contribution in [3.63, 3.8) is 0 Å². The fourth-order valence-corrected chi connectivity index (χ4v) is 7.75. The molecular formula is C52H37N3. The maximum Gasteiger partial charge on any atom is 0.160 e. The Hall–Kier alpha value is -7.23. The van der Waals surface area contributed by atoms with Gasteiger partial charge in [0.1, 0.15) is 0 Å². The largest absolute Gasteiger partial charge is 0.264 e. The van der Waals surface area contributed by atoms with Crippen molar-refractivity contribution in [1.29, 1.82) is 0 Å². The highest BCUT2D eigenvalue weighted by molar-refractivity contribution is 5.80. The Bertz CT molecular complexity index is 2540. The van der Waals surface area contributed by atoms with E-state index in [2.05, 4.69) is 199 Å². The highest BCUT2D eigenvalue weighted by atomic mass is 14.9. The van der Waals surface area contributed by atoms with Gasteiger partial charge in [0.2, 0.25) is 0 Å². The lowest BCUT2D eigenvalue weighted by atomic mass is 9.67. The third kappa shape index (κ3) is 6.65. The number of allylic oxidation sites excluding steroid dienone is 4. The van der Waals surface area contributed by atoms with Gasteiger partial charge in [-0.05, 0) is 86.5 Å². The van der Waals surface area contributed by atoms with Crippen LogP contribution in [0.1, 0.15) is 27.9 Å². The molecule has 0 spiro atoms. The number of hydrogen-bond donors (Lipinski definition) is 0. The highest BCUT2D eigenvalue weighted by Crippen LogP contribution is 2.51. The van der Waals surface area contributed by atoms with Gasteiger partial charge in [-0.1, -0.05) is 176 Å². The summed E-state index contributed by atoms with van der Waals surface area (Å²) in [4.78, 5) is 14.9. The minimum atomic E-state index is -0.501. The number of rotatable bonds is 9. The minimum absolute atomic E-state index is 0.501. The molecule has 1 atom stereocenters. The summed E-state index contributed by atoms with van der Waals surface area (Å²) in [6, 6.07) is 63.7. The second-order valence-electron chi connectivity index (χ2n) is 13.7. The predicted octanol–water partition coefficient (Wildman–Crippen LogP) is 12.5. The van der Waals surface area contributed by atoms with Crippen LogP contribution in [0.3, 0.4) is 0 Å². The Labute approximate surface area is 322 Å². The molecule has 0 bridgehead atoms. The third-order valence-electron chi connectivity index (χ3n) is 10.3. The standard InChI is InChI=1S/C52H37N3/c1-4-17-38(18-5-1)40-22-14-24-43(33-40)50-36-48(54-51(55-50)44-25-15-23-41(34-44)39-19-6-2-7-20-39)30-12-11-28-46-35-42-21-10-13-31-49(42)52(46,45-26-8-3-9-27-45)47-29-16-32-53-37-47/h1-37H/b28-11-,30-12+. The molecule has 1 unspecified atom stereocenters. The van der Waals surface area contributed by atoms with Crippen LogP contribution in [0.4, 0.5) is 0 Å². The SMILES string of the molecule is C1=C(/C=C\C=C\c2cc(-c3cccc(-c4ccccc4)c3)nc(-c3cccc(-c4ccccc4)c3)n2)C(c2ccccc2)(c2cccnc2)c2ccccc21. The van der Waals surface area contributed by atoms with Crippen molar-refractivity contribution in [2.75, 3.05) is 0 Å². The van der Waals surface area contributed by atoms with Crippen LogP contribution in [0.15, 0.2) is 218 Å². The van der Waals surface area contributed by atoms with Crippen molar-refractivity contribution < 1.29 is 0 Å². The molecule has 3 heteroatoms. The molecule has 55 heavy (non-hydrogen) atoms. The molecule has 0 saturated carbocycles. The molecule has 1 aliphatic carbocycles. The predicted molar refractivity (Wildman–Crippen MR) is 227 cm³/mol. The summed E-state index contributed by atoms with van der Waals surface area (Å²) >= 11 is 0. The molecule has 1 aliphatic rings. The van der Waals surface area contributed by atoms with E-state index in [0.717, 1.165) is 44.8 Å². The van der Waals surface area contributed by atoms with Crippen LogP contribution in [-0.4, -0.2) is 15.0 Å². The van der Waals surface area contributed by atoms with Gasteiger partial charge in [-0.25, -0.2) is 9.97 Å². The second kappa shape index (κ2) is 15.0. The molecule has 2 aromatic heterocycles. The van der Waals surface area contributed by atoms with Crippen LogP contribution in [0.2, 0.25) is 0 Å². The summed E-state index contributed by atoms with van der Waals surface area (Å²) in [5.74, 6) is 0.678. The van der Waals surface area contributed by atoms with E-state index in [1.165, 1.54) is 27.8 Å². The molecule has 0 radical (unpaired) electrons. The zero-order chi connectivity index (χ0) is 36.9. The third-order valence-corrected chi connectivity index (χ3v) is 10.3. The fourth-order valence-electron chi connectivity index (χ4n) is 7.75. The molecule has 260 valence electrons. The first-order chi connectivity index (χ1) is 27.3. The summed E-state index contributed by atoms with van der Waals surface area (Å²) < 4.78 is 0. The Morgan fingerprint density at radius 2 is 1.02 bits per heavy atom. The lowest BCUT2D eigenvalue weighted by Gasteiger charge is -2.34. The van der Waals surface area contributed by atoms with Gasteiger partial charge in [0, 0.05) is 23.5 Å². The first kappa shape index (κ1) is 33.6. The van der Waals surface area contributed by atoms with Crippen LogP contribution in [0.25, 0.3) is 57.1 Å². The van der Waals surface area contributed by atoms with Gasteiger partial charge in [0.05, 0.1) is 16.8 Å². The zero-order valence-corrected chi connectivity index (χ0v) is 30.2. The second-order valence-corrected chi connectivity index (χ2v) is 13.7.